The van der Waals surface area contributed by atoms with Gasteiger partial charge in [-0.05, 0) is 13.3 Å². The second kappa shape index (κ2) is 5.23. The molecule has 4 N–H and O–H groups in total. The summed E-state index contributed by atoms with van der Waals surface area (Å²) in [7, 11) is -3.79. The summed E-state index contributed by atoms with van der Waals surface area (Å²) < 4.78 is 26.7. The summed E-state index contributed by atoms with van der Waals surface area (Å²) in [4.78, 5) is 0. The van der Waals surface area contributed by atoms with Gasteiger partial charge in [-0.1, -0.05) is 18.3 Å². The van der Waals surface area contributed by atoms with E-state index in [1.807, 2.05) is 6.92 Å². The van der Waals surface area contributed by atoms with Crippen LogP contribution >= 0.6 is 11.3 Å². The van der Waals surface area contributed by atoms with Gasteiger partial charge < -0.3 is 5.73 Å². The highest BCUT2D eigenvalue weighted by Gasteiger charge is 2.24. The van der Waals surface area contributed by atoms with Crippen LogP contribution in [0.25, 0.3) is 0 Å². The Bertz CT molecular complexity index is 675. The van der Waals surface area contributed by atoms with Crippen molar-refractivity contribution in [1.29, 1.82) is 0 Å². The lowest BCUT2D eigenvalue weighted by Gasteiger charge is -2.03. The molecule has 0 aliphatic heterocycles. The highest BCUT2D eigenvalue weighted by atomic mass is 32.2. The summed E-state index contributed by atoms with van der Waals surface area (Å²) >= 11 is 1.19. The topological polar surface area (TPSA) is 127 Å². The first-order chi connectivity index (χ1) is 8.97. The van der Waals surface area contributed by atoms with E-state index in [1.165, 1.54) is 11.3 Å². The van der Waals surface area contributed by atoms with Crippen LogP contribution in [-0.4, -0.2) is 28.8 Å². The van der Waals surface area contributed by atoms with E-state index in [2.05, 4.69) is 25.1 Å². The lowest BCUT2D eigenvalue weighted by molar-refractivity contribution is 0.595. The fraction of sp³-hybridized carbons (Fsp3) is 0.444. The van der Waals surface area contributed by atoms with E-state index in [1.54, 1.807) is 6.92 Å². The van der Waals surface area contributed by atoms with Crippen molar-refractivity contribution in [2.75, 3.05) is 4.72 Å². The van der Waals surface area contributed by atoms with Crippen LogP contribution in [0.2, 0.25) is 0 Å². The third-order valence-corrected chi connectivity index (χ3v) is 4.91. The zero-order valence-electron chi connectivity index (χ0n) is 10.5. The van der Waals surface area contributed by atoms with Crippen molar-refractivity contribution in [3.8, 4) is 0 Å². The third kappa shape index (κ3) is 2.74. The number of aromatic nitrogens is 4. The molecule has 10 heteroatoms. The Balaban J connectivity index is 2.32. The van der Waals surface area contributed by atoms with Gasteiger partial charge in [-0.15, -0.1) is 10.2 Å². The van der Waals surface area contributed by atoms with Crippen LogP contribution in [0.3, 0.4) is 0 Å². The van der Waals surface area contributed by atoms with Crippen LogP contribution in [0.5, 0.6) is 0 Å². The minimum Gasteiger partial charge on any atom is -0.326 e. The maximum Gasteiger partial charge on any atom is 0.283 e. The largest absolute Gasteiger partial charge is 0.326 e. The standard InChI is InChI=1S/C9H14N6O2S2/c1-3-7-12-14-9(18-7)15-19(16,17)8-6(4-10)5(2)11-13-8/h3-4,10H2,1-2H3,(H,11,13)(H,14,15). The highest BCUT2D eigenvalue weighted by molar-refractivity contribution is 7.92. The first kappa shape index (κ1) is 13.9. The molecule has 0 aromatic carbocycles. The van der Waals surface area contributed by atoms with E-state index < -0.39 is 10.0 Å². The van der Waals surface area contributed by atoms with E-state index in [9.17, 15) is 8.42 Å². The number of sulfonamides is 1. The van der Waals surface area contributed by atoms with Crippen molar-refractivity contribution in [2.24, 2.45) is 5.73 Å². The van der Waals surface area contributed by atoms with Gasteiger partial charge in [0.05, 0.1) is 0 Å². The normalized spacial score (nSPS) is 11.7. The van der Waals surface area contributed by atoms with Gasteiger partial charge in [-0.3, -0.25) is 9.82 Å². The molecule has 0 atom stereocenters. The molecule has 2 aromatic heterocycles. The fourth-order valence-corrected chi connectivity index (χ4v) is 3.61. The smallest absolute Gasteiger partial charge is 0.283 e. The van der Waals surface area contributed by atoms with Gasteiger partial charge >= 0.3 is 0 Å². The SMILES string of the molecule is CCc1nnc(NS(=O)(=O)c2n[nH]c(C)c2CN)s1. The number of rotatable bonds is 5. The Morgan fingerprint density at radius 2 is 2.16 bits per heavy atom. The Morgan fingerprint density at radius 3 is 2.74 bits per heavy atom. The molecule has 0 fully saturated rings. The molecular formula is C9H14N6O2S2. The lowest BCUT2D eigenvalue weighted by atomic mass is 10.3. The molecule has 0 aliphatic carbocycles. The number of hydrogen-bond acceptors (Lipinski definition) is 7. The van der Waals surface area contributed by atoms with Crippen molar-refractivity contribution in [1.82, 2.24) is 20.4 Å². The summed E-state index contributed by atoms with van der Waals surface area (Å²) in [5, 5.41) is 14.9. The molecule has 0 unspecified atom stereocenters. The van der Waals surface area contributed by atoms with Crippen molar-refractivity contribution < 1.29 is 8.42 Å². The molecule has 0 radical (unpaired) electrons. The monoisotopic (exact) mass is 302 g/mol. The number of anilines is 1. The van der Waals surface area contributed by atoms with Crippen LogP contribution in [0, 0.1) is 6.92 Å². The van der Waals surface area contributed by atoms with Gasteiger partial charge in [0.2, 0.25) is 10.2 Å². The molecule has 2 rings (SSSR count). The number of H-pyrrole nitrogens is 1. The van der Waals surface area contributed by atoms with Crippen molar-refractivity contribution >= 4 is 26.5 Å². The fourth-order valence-electron chi connectivity index (χ4n) is 1.49. The number of nitrogens with zero attached hydrogens (tertiary/aromatic N) is 3. The summed E-state index contributed by atoms with van der Waals surface area (Å²) in [6.45, 7) is 3.73. The predicted molar refractivity (Wildman–Crippen MR) is 71.3 cm³/mol. The summed E-state index contributed by atoms with van der Waals surface area (Å²) in [5.74, 6) is 0. The Labute approximate surface area is 114 Å². The van der Waals surface area contributed by atoms with Gasteiger partial charge in [0.1, 0.15) is 5.01 Å². The summed E-state index contributed by atoms with van der Waals surface area (Å²) in [5.41, 5.74) is 6.63. The van der Waals surface area contributed by atoms with Crippen LogP contribution in [0.4, 0.5) is 5.13 Å². The highest BCUT2D eigenvalue weighted by Crippen LogP contribution is 2.22. The average molecular weight is 302 g/mol. The zero-order valence-corrected chi connectivity index (χ0v) is 12.1. The zero-order chi connectivity index (χ0) is 14.0. The molecule has 0 amide bonds. The number of nitrogens with one attached hydrogen (secondary N) is 2. The van der Waals surface area contributed by atoms with Crippen LogP contribution in [-0.2, 0) is 23.0 Å². The third-order valence-electron chi connectivity index (χ3n) is 2.49. The van der Waals surface area contributed by atoms with Gasteiger partial charge in [0, 0.05) is 17.8 Å². The first-order valence-electron chi connectivity index (χ1n) is 5.57. The average Bonchev–Trinajstić information content (AvgIpc) is 2.95. The van der Waals surface area contributed by atoms with Gasteiger partial charge in [-0.2, -0.15) is 13.5 Å². The van der Waals surface area contributed by atoms with E-state index in [0.29, 0.717) is 17.7 Å². The molecule has 2 aromatic rings. The Hall–Kier alpha value is -1.52. The maximum atomic E-state index is 12.2. The van der Waals surface area contributed by atoms with Crippen molar-refractivity contribution in [2.45, 2.75) is 31.8 Å². The number of nitrogens with two attached hydrogens (primary N) is 1. The van der Waals surface area contributed by atoms with E-state index in [0.717, 1.165) is 5.01 Å². The van der Waals surface area contributed by atoms with Gasteiger partial charge in [0.25, 0.3) is 10.0 Å². The number of hydrogen-bond donors (Lipinski definition) is 3. The van der Waals surface area contributed by atoms with Crippen LogP contribution in [0.1, 0.15) is 23.2 Å². The molecule has 19 heavy (non-hydrogen) atoms. The van der Waals surface area contributed by atoms with Gasteiger partial charge in [-0.25, -0.2) is 0 Å². The maximum absolute atomic E-state index is 12.2. The quantitative estimate of drug-likeness (QED) is 0.733. The van der Waals surface area contributed by atoms with Crippen LogP contribution < -0.4 is 10.5 Å². The van der Waals surface area contributed by atoms with E-state index in [4.69, 9.17) is 5.73 Å². The second-order valence-corrected chi connectivity index (χ2v) is 6.46. The molecule has 0 aliphatic rings. The Kier molecular flexibility index (Phi) is 3.83. The second-order valence-electron chi connectivity index (χ2n) is 3.80. The predicted octanol–water partition coefficient (Wildman–Crippen LogP) is 0.392. The van der Waals surface area contributed by atoms with E-state index >= 15 is 0 Å². The summed E-state index contributed by atoms with van der Waals surface area (Å²) in [6, 6.07) is 0. The van der Waals surface area contributed by atoms with Crippen LogP contribution in [0.15, 0.2) is 5.03 Å². The van der Waals surface area contributed by atoms with Gasteiger partial charge in [0.15, 0.2) is 0 Å². The molecule has 2 heterocycles. The minimum atomic E-state index is -3.79. The molecule has 0 bridgehead atoms. The number of aryl methyl sites for hydroxylation is 2. The number of aromatic amines is 1. The molecule has 0 saturated carbocycles. The molecule has 0 spiro atoms. The van der Waals surface area contributed by atoms with E-state index in [-0.39, 0.29) is 16.7 Å². The Morgan fingerprint density at radius 1 is 1.42 bits per heavy atom. The molecule has 104 valence electrons. The van der Waals surface area contributed by atoms with Crippen molar-refractivity contribution in [3.63, 3.8) is 0 Å². The molecule has 0 saturated heterocycles. The lowest BCUT2D eigenvalue weighted by Crippen LogP contribution is -2.16. The summed E-state index contributed by atoms with van der Waals surface area (Å²) in [6.07, 6.45) is 0.703. The van der Waals surface area contributed by atoms with Crippen molar-refractivity contribution in [3.05, 3.63) is 16.3 Å². The minimum absolute atomic E-state index is 0.0922. The molecule has 8 nitrogen and oxygen atoms in total. The molecular weight excluding hydrogens is 288 g/mol. The first-order valence-corrected chi connectivity index (χ1v) is 7.87.